The van der Waals surface area contributed by atoms with E-state index < -0.39 is 13.7 Å². The van der Waals surface area contributed by atoms with Gasteiger partial charge in [0.25, 0.3) is 0 Å². The van der Waals surface area contributed by atoms with Crippen molar-refractivity contribution < 1.29 is 9.53 Å². The van der Waals surface area contributed by atoms with Gasteiger partial charge in [0.05, 0.1) is 16.8 Å². The summed E-state index contributed by atoms with van der Waals surface area (Å²) >= 11 is 0. The van der Waals surface area contributed by atoms with Gasteiger partial charge in [0.1, 0.15) is 13.7 Å². The summed E-state index contributed by atoms with van der Waals surface area (Å²) in [4.78, 5) is 24.2. The standard InChI is InChI=1S/C33H39N5O2Si/c1-33(2,3)40-32(39)37-19-12-13-25(22-37)35-31-34-21-24(18-20-41(4,5)6)30(36-31)28-23-38(26-14-8-7-9-15-26)29-17-11-10-16-27(28)29/h7-11,14-17,21,23,25H,12-13,19,22H2,1-6H3,(H,34,35,36)/t25-/m0/s1. The van der Waals surface area contributed by atoms with E-state index in [-0.39, 0.29) is 12.1 Å². The van der Waals surface area contributed by atoms with Crippen LogP contribution in [0.15, 0.2) is 67.0 Å². The predicted molar refractivity (Wildman–Crippen MR) is 169 cm³/mol. The molecule has 1 aliphatic rings. The van der Waals surface area contributed by atoms with Gasteiger partial charge < -0.3 is 19.5 Å². The van der Waals surface area contributed by atoms with E-state index in [2.05, 4.69) is 88.6 Å². The molecule has 212 valence electrons. The van der Waals surface area contributed by atoms with Gasteiger partial charge in [0.2, 0.25) is 5.95 Å². The van der Waals surface area contributed by atoms with Crippen molar-refractivity contribution in [3.05, 3.63) is 72.6 Å². The lowest BCUT2D eigenvalue weighted by molar-refractivity contribution is 0.0206. The maximum atomic E-state index is 12.7. The number of hydrogen-bond donors (Lipinski definition) is 1. The van der Waals surface area contributed by atoms with Gasteiger partial charge >= 0.3 is 6.09 Å². The van der Waals surface area contributed by atoms with Crippen LogP contribution in [-0.2, 0) is 4.74 Å². The molecule has 0 unspecified atom stereocenters. The van der Waals surface area contributed by atoms with E-state index in [1.165, 1.54) is 0 Å². The smallest absolute Gasteiger partial charge is 0.410 e. The molecule has 1 atom stereocenters. The lowest BCUT2D eigenvalue weighted by Gasteiger charge is -2.34. The molecule has 1 N–H and O–H groups in total. The average molecular weight is 566 g/mol. The molecule has 0 aliphatic carbocycles. The molecule has 8 heteroatoms. The Kier molecular flexibility index (Phi) is 7.92. The number of benzene rings is 2. The Hall–Kier alpha value is -4.09. The number of nitrogens with zero attached hydrogens (tertiary/aromatic N) is 4. The maximum absolute atomic E-state index is 12.7. The second kappa shape index (κ2) is 11.4. The summed E-state index contributed by atoms with van der Waals surface area (Å²) in [6.45, 7) is 13.6. The Morgan fingerprint density at radius 3 is 2.54 bits per heavy atom. The molecule has 0 radical (unpaired) electrons. The molecule has 1 amide bonds. The monoisotopic (exact) mass is 565 g/mol. The van der Waals surface area contributed by atoms with Gasteiger partial charge in [-0.3, -0.25) is 0 Å². The Morgan fingerprint density at radius 1 is 1.07 bits per heavy atom. The fourth-order valence-corrected chi connectivity index (χ4v) is 5.45. The lowest BCUT2D eigenvalue weighted by Crippen LogP contribution is -2.47. The van der Waals surface area contributed by atoms with Crippen LogP contribution >= 0.6 is 0 Å². The van der Waals surface area contributed by atoms with Crippen molar-refractivity contribution in [2.75, 3.05) is 18.4 Å². The summed E-state index contributed by atoms with van der Waals surface area (Å²) in [6.07, 6.45) is 5.50. The Balaban J connectivity index is 1.53. The van der Waals surface area contributed by atoms with Crippen LogP contribution < -0.4 is 5.32 Å². The summed E-state index contributed by atoms with van der Waals surface area (Å²) < 4.78 is 7.82. The van der Waals surface area contributed by atoms with E-state index in [1.54, 1.807) is 4.90 Å². The van der Waals surface area contributed by atoms with Crippen molar-refractivity contribution in [3.63, 3.8) is 0 Å². The Labute approximate surface area is 244 Å². The minimum absolute atomic E-state index is 0.0219. The largest absolute Gasteiger partial charge is 0.444 e. The molecular formula is C33H39N5O2Si. The first-order valence-corrected chi connectivity index (χ1v) is 17.8. The molecule has 41 heavy (non-hydrogen) atoms. The zero-order valence-corrected chi connectivity index (χ0v) is 25.9. The first-order valence-electron chi connectivity index (χ1n) is 14.3. The molecule has 0 bridgehead atoms. The number of para-hydroxylation sites is 2. The molecule has 5 rings (SSSR count). The Bertz CT molecular complexity index is 1610. The van der Waals surface area contributed by atoms with E-state index in [4.69, 9.17) is 9.72 Å². The number of hydrogen-bond acceptors (Lipinski definition) is 5. The summed E-state index contributed by atoms with van der Waals surface area (Å²) in [7, 11) is -1.64. The average Bonchev–Trinajstić information content (AvgIpc) is 3.31. The number of amides is 1. The molecule has 2 aromatic carbocycles. The number of nitrogens with one attached hydrogen (secondary N) is 1. The second-order valence-electron chi connectivity index (χ2n) is 12.6. The van der Waals surface area contributed by atoms with Crippen molar-refractivity contribution in [1.29, 1.82) is 0 Å². The summed E-state index contributed by atoms with van der Waals surface area (Å²) in [5.74, 6) is 3.95. The molecule has 4 aromatic rings. The molecule has 1 aliphatic heterocycles. The molecular weight excluding hydrogens is 526 g/mol. The van der Waals surface area contributed by atoms with E-state index >= 15 is 0 Å². The van der Waals surface area contributed by atoms with Gasteiger partial charge in [-0.1, -0.05) is 62.0 Å². The number of ether oxygens (including phenoxy) is 1. The van der Waals surface area contributed by atoms with Gasteiger partial charge in [-0.25, -0.2) is 14.8 Å². The third-order valence-electron chi connectivity index (χ3n) is 6.77. The topological polar surface area (TPSA) is 72.3 Å². The van der Waals surface area contributed by atoms with Crippen LogP contribution in [0.2, 0.25) is 19.6 Å². The molecule has 3 heterocycles. The van der Waals surface area contributed by atoms with Gasteiger partial charge in [-0.2, -0.15) is 0 Å². The number of carbonyl (C=O) groups excluding carboxylic acids is 1. The SMILES string of the molecule is CC(C)(C)OC(=O)N1CCC[C@H](Nc2ncc(C#C[Si](C)(C)C)c(-c3cn(-c4ccccc4)c4ccccc34)n2)C1. The number of piperidine rings is 1. The first-order chi connectivity index (χ1) is 19.5. The third kappa shape index (κ3) is 6.98. The molecule has 7 nitrogen and oxygen atoms in total. The molecule has 2 aromatic heterocycles. The lowest BCUT2D eigenvalue weighted by atomic mass is 10.1. The summed E-state index contributed by atoms with van der Waals surface area (Å²) in [5.41, 5.74) is 7.78. The summed E-state index contributed by atoms with van der Waals surface area (Å²) in [5, 5.41) is 4.61. The highest BCUT2D eigenvalue weighted by molar-refractivity contribution is 6.83. The van der Waals surface area contributed by atoms with Crippen molar-refractivity contribution >= 4 is 31.0 Å². The Morgan fingerprint density at radius 2 is 1.80 bits per heavy atom. The minimum Gasteiger partial charge on any atom is -0.444 e. The number of fused-ring (bicyclic) bond motifs is 1. The van der Waals surface area contributed by atoms with Crippen molar-refractivity contribution in [3.8, 4) is 28.4 Å². The maximum Gasteiger partial charge on any atom is 0.410 e. The molecule has 0 spiro atoms. The highest BCUT2D eigenvalue weighted by Gasteiger charge is 2.28. The van der Waals surface area contributed by atoms with Crippen LogP contribution in [0.3, 0.4) is 0 Å². The van der Waals surface area contributed by atoms with E-state index in [1.807, 2.05) is 45.2 Å². The highest BCUT2D eigenvalue weighted by Crippen LogP contribution is 2.34. The van der Waals surface area contributed by atoms with Crippen molar-refractivity contribution in [2.24, 2.45) is 0 Å². The number of likely N-dealkylation sites (tertiary alicyclic amines) is 1. The van der Waals surface area contributed by atoms with Crippen LogP contribution in [0.4, 0.5) is 10.7 Å². The fraction of sp³-hybridized carbons (Fsp3) is 0.364. The predicted octanol–water partition coefficient (Wildman–Crippen LogP) is 7.13. The number of aromatic nitrogens is 3. The van der Waals surface area contributed by atoms with Gasteiger partial charge in [0.15, 0.2) is 0 Å². The number of carbonyl (C=O) groups is 1. The number of rotatable bonds is 4. The van der Waals surface area contributed by atoms with Crippen LogP contribution in [-0.4, -0.2) is 58.3 Å². The minimum atomic E-state index is -1.64. The van der Waals surface area contributed by atoms with E-state index in [0.717, 1.165) is 46.3 Å². The molecule has 1 fully saturated rings. The van der Waals surface area contributed by atoms with Crippen LogP contribution in [0.25, 0.3) is 27.8 Å². The van der Waals surface area contributed by atoms with Crippen LogP contribution in [0.1, 0.15) is 39.2 Å². The van der Waals surface area contributed by atoms with Gasteiger partial charge in [-0.05, 0) is 51.8 Å². The summed E-state index contributed by atoms with van der Waals surface area (Å²) in [6, 6.07) is 18.7. The molecule has 1 saturated heterocycles. The zero-order valence-electron chi connectivity index (χ0n) is 24.9. The van der Waals surface area contributed by atoms with Crippen LogP contribution in [0.5, 0.6) is 0 Å². The van der Waals surface area contributed by atoms with E-state index in [0.29, 0.717) is 19.0 Å². The first kappa shape index (κ1) is 28.4. The fourth-order valence-electron chi connectivity index (χ4n) is 4.94. The van der Waals surface area contributed by atoms with Gasteiger partial charge in [0, 0.05) is 48.2 Å². The van der Waals surface area contributed by atoms with Crippen LogP contribution in [0, 0.1) is 11.5 Å². The highest BCUT2D eigenvalue weighted by atomic mass is 28.3. The van der Waals surface area contributed by atoms with Crippen molar-refractivity contribution in [2.45, 2.75) is 64.9 Å². The zero-order chi connectivity index (χ0) is 29.2. The second-order valence-corrected chi connectivity index (χ2v) is 17.4. The molecule has 0 saturated carbocycles. The quantitative estimate of drug-likeness (QED) is 0.211. The van der Waals surface area contributed by atoms with E-state index in [9.17, 15) is 4.79 Å². The third-order valence-corrected chi connectivity index (χ3v) is 7.64. The number of anilines is 1. The normalized spacial score (nSPS) is 15.8. The van der Waals surface area contributed by atoms with Crippen molar-refractivity contribution in [1.82, 2.24) is 19.4 Å². The van der Waals surface area contributed by atoms with Gasteiger partial charge in [-0.15, -0.1) is 5.54 Å².